The van der Waals surface area contributed by atoms with Gasteiger partial charge in [0.15, 0.2) is 5.65 Å². The minimum absolute atomic E-state index is 0.103. The van der Waals surface area contributed by atoms with E-state index >= 15 is 0 Å². The number of amides is 2. The molecule has 0 aliphatic carbocycles. The lowest BCUT2D eigenvalue weighted by atomic mass is 9.97. The first-order valence-electron chi connectivity index (χ1n) is 17.5. The van der Waals surface area contributed by atoms with E-state index in [1.807, 2.05) is 36.2 Å². The summed E-state index contributed by atoms with van der Waals surface area (Å²) in [7, 11) is -3.66. The van der Waals surface area contributed by atoms with Crippen LogP contribution < -0.4 is 9.62 Å². The Bertz CT molecular complexity index is 2150. The molecule has 18 heteroatoms. The number of ether oxygens (including phenoxy) is 1. The van der Waals surface area contributed by atoms with E-state index < -0.39 is 51.7 Å². The van der Waals surface area contributed by atoms with Crippen molar-refractivity contribution in [2.75, 3.05) is 48.6 Å². The van der Waals surface area contributed by atoms with Crippen LogP contribution in [0, 0.1) is 52.8 Å². The van der Waals surface area contributed by atoms with E-state index in [1.54, 1.807) is 30.2 Å². The average Bonchev–Trinajstić information content (AvgIpc) is 3.82. The van der Waals surface area contributed by atoms with E-state index in [-0.39, 0.29) is 35.9 Å². The highest BCUT2D eigenvalue weighted by atomic mass is 32.2. The molecule has 5 atom stereocenters. The molecule has 4 unspecified atom stereocenters. The Morgan fingerprint density at radius 2 is 1.69 bits per heavy atom. The zero-order valence-corrected chi connectivity index (χ0v) is 31.6. The number of anilines is 2. The second-order valence-corrected chi connectivity index (χ2v) is 16.5. The largest absolute Gasteiger partial charge is 0.444 e. The molecule has 3 N–H and O–H groups in total. The van der Waals surface area contributed by atoms with Crippen molar-refractivity contribution in [2.45, 2.75) is 70.8 Å². The van der Waals surface area contributed by atoms with Crippen molar-refractivity contribution in [1.29, 1.82) is 15.8 Å². The molecular formula is C36H44N10O7S. The SMILES string of the molecule is CC(C)(C)OC(=O)N1CC(O)C(C#N)C1.Cc1cn2nc([C@@H]3CCCCN3C(=O)c3cc(C#N)ccc3NS(C)(=O)=O)cc2nc1N1CC(O)C(C#N)C1. The Kier molecular flexibility index (Phi) is 11.7. The third kappa shape index (κ3) is 9.17. The molecule has 0 spiro atoms. The predicted molar refractivity (Wildman–Crippen MR) is 195 cm³/mol. The molecule has 17 nitrogen and oxygen atoms in total. The highest BCUT2D eigenvalue weighted by Crippen LogP contribution is 2.34. The number of benzene rings is 1. The number of nitrogens with zero attached hydrogens (tertiary/aromatic N) is 9. The van der Waals surface area contributed by atoms with Crippen molar-refractivity contribution in [2.24, 2.45) is 11.8 Å². The van der Waals surface area contributed by atoms with E-state index in [0.29, 0.717) is 43.2 Å². The first-order valence-corrected chi connectivity index (χ1v) is 19.4. The first-order chi connectivity index (χ1) is 25.4. The number of nitriles is 3. The van der Waals surface area contributed by atoms with Gasteiger partial charge in [0.25, 0.3) is 5.91 Å². The van der Waals surface area contributed by atoms with Gasteiger partial charge in [0.2, 0.25) is 10.0 Å². The standard InChI is InChI=1S/C26H28N8O4S.C10H16N2O3/c1-16-13-34-24(29-25(16)32-14-18(12-28)23(35)15-32)10-21(30-34)22-5-3-4-8-33(22)26(36)19-9-17(11-27)6-7-20(19)31-39(2,37)38;1-10(2,3)15-9(14)12-5-7(4-11)8(13)6-12/h6-7,9-10,13,18,22-23,31,35H,3-5,8,14-15H2,1-2H3;7-8,13H,5-6H2,1-3H3/t18?,22-,23?;/m0./s1. The Morgan fingerprint density at radius 1 is 1.00 bits per heavy atom. The molecule has 2 amide bonds. The zero-order chi connectivity index (χ0) is 39.5. The molecule has 3 aromatic rings. The number of rotatable bonds is 5. The minimum atomic E-state index is -3.66. The molecule has 5 heterocycles. The fourth-order valence-corrected chi connectivity index (χ4v) is 7.27. The van der Waals surface area contributed by atoms with Crippen LogP contribution in [0.15, 0.2) is 30.5 Å². The number of carbonyl (C=O) groups is 2. The summed E-state index contributed by atoms with van der Waals surface area (Å²) in [6, 6.07) is 11.9. The smallest absolute Gasteiger partial charge is 0.410 e. The van der Waals surface area contributed by atoms with Gasteiger partial charge in [0, 0.05) is 44.0 Å². The van der Waals surface area contributed by atoms with Gasteiger partial charge in [-0.15, -0.1) is 0 Å². The number of likely N-dealkylation sites (tertiary alicyclic amines) is 2. The van der Waals surface area contributed by atoms with Crippen molar-refractivity contribution >= 4 is 39.2 Å². The summed E-state index contributed by atoms with van der Waals surface area (Å²) in [5.74, 6) is -0.700. The fourth-order valence-electron chi connectivity index (χ4n) is 6.69. The molecule has 286 valence electrons. The van der Waals surface area contributed by atoms with Gasteiger partial charge in [0.05, 0.1) is 83.6 Å². The molecule has 3 aliphatic heterocycles. The molecule has 6 rings (SSSR count). The van der Waals surface area contributed by atoms with Gasteiger partial charge < -0.3 is 29.6 Å². The highest BCUT2D eigenvalue weighted by Gasteiger charge is 2.37. The van der Waals surface area contributed by atoms with Crippen molar-refractivity contribution in [3.05, 3.63) is 52.8 Å². The molecule has 2 aromatic heterocycles. The van der Waals surface area contributed by atoms with Gasteiger partial charge in [-0.3, -0.25) is 9.52 Å². The number of aromatic nitrogens is 3. The average molecular weight is 761 g/mol. The summed E-state index contributed by atoms with van der Waals surface area (Å²) in [4.78, 5) is 35.1. The van der Waals surface area contributed by atoms with Crippen LogP contribution in [0.1, 0.15) is 73.3 Å². The summed E-state index contributed by atoms with van der Waals surface area (Å²) >= 11 is 0. The van der Waals surface area contributed by atoms with Crippen LogP contribution in [0.25, 0.3) is 5.65 Å². The number of carbonyl (C=O) groups excluding carboxylic acids is 2. The van der Waals surface area contributed by atoms with Crippen molar-refractivity contribution in [1.82, 2.24) is 24.4 Å². The maximum Gasteiger partial charge on any atom is 0.410 e. The van der Waals surface area contributed by atoms with E-state index in [9.17, 15) is 38.7 Å². The number of β-amino-alcohol motifs (C(OH)–C–C–N with tert-alkyl or cyclic N) is 2. The number of fused-ring (bicyclic) bond motifs is 1. The number of hydrogen-bond donors (Lipinski definition) is 3. The first kappa shape index (κ1) is 39.7. The summed E-state index contributed by atoms with van der Waals surface area (Å²) < 4.78 is 33.1. The van der Waals surface area contributed by atoms with Gasteiger partial charge in [-0.2, -0.15) is 20.9 Å². The molecular weight excluding hydrogens is 717 g/mol. The van der Waals surface area contributed by atoms with Crippen LogP contribution in [0.2, 0.25) is 0 Å². The molecule has 1 aromatic carbocycles. The molecule has 3 fully saturated rings. The number of nitrogens with one attached hydrogen (secondary N) is 1. The van der Waals surface area contributed by atoms with E-state index in [1.165, 1.54) is 23.1 Å². The highest BCUT2D eigenvalue weighted by molar-refractivity contribution is 7.92. The lowest BCUT2D eigenvalue weighted by molar-refractivity contribution is 0.0269. The Balaban J connectivity index is 0.000000314. The van der Waals surface area contributed by atoms with Crippen LogP contribution in [-0.4, -0.2) is 112 Å². The molecule has 54 heavy (non-hydrogen) atoms. The number of hydrogen-bond acceptors (Lipinski definition) is 13. The number of sulfonamides is 1. The van der Waals surface area contributed by atoms with Crippen LogP contribution in [0.3, 0.4) is 0 Å². The van der Waals surface area contributed by atoms with Gasteiger partial charge in [-0.25, -0.2) is 22.7 Å². The van der Waals surface area contributed by atoms with Crippen molar-refractivity contribution in [3.63, 3.8) is 0 Å². The minimum Gasteiger partial charge on any atom is -0.444 e. The van der Waals surface area contributed by atoms with Crippen LogP contribution >= 0.6 is 0 Å². The summed E-state index contributed by atoms with van der Waals surface area (Å²) in [6.45, 7) is 8.80. The molecule has 3 saturated heterocycles. The third-order valence-electron chi connectivity index (χ3n) is 9.26. The second kappa shape index (κ2) is 15.9. The molecule has 3 aliphatic rings. The summed E-state index contributed by atoms with van der Waals surface area (Å²) in [5, 5.41) is 51.7. The maximum atomic E-state index is 13.8. The van der Waals surface area contributed by atoms with Crippen molar-refractivity contribution in [3.8, 4) is 18.2 Å². The fraction of sp³-hybridized carbons (Fsp3) is 0.528. The Labute approximate surface area is 314 Å². The number of aliphatic hydroxyl groups excluding tert-OH is 2. The van der Waals surface area contributed by atoms with Crippen LogP contribution in [-0.2, 0) is 14.8 Å². The van der Waals surface area contributed by atoms with Crippen LogP contribution in [0.4, 0.5) is 16.3 Å². The number of aliphatic hydroxyl groups is 2. The lowest BCUT2D eigenvalue weighted by Crippen LogP contribution is -2.39. The van der Waals surface area contributed by atoms with E-state index in [0.717, 1.165) is 24.7 Å². The molecule has 0 radical (unpaired) electrons. The lowest BCUT2D eigenvalue weighted by Gasteiger charge is -2.35. The summed E-state index contributed by atoms with van der Waals surface area (Å²) in [6.07, 6.45) is 3.20. The monoisotopic (exact) mass is 760 g/mol. The molecule has 0 saturated carbocycles. The van der Waals surface area contributed by atoms with E-state index in [2.05, 4.69) is 10.8 Å². The van der Waals surface area contributed by atoms with Gasteiger partial charge in [-0.05, 0) is 65.2 Å². The summed E-state index contributed by atoms with van der Waals surface area (Å²) in [5.41, 5.74) is 1.98. The predicted octanol–water partition coefficient (Wildman–Crippen LogP) is 2.71. The number of aryl methyl sites for hydroxylation is 1. The second-order valence-electron chi connectivity index (χ2n) is 14.8. The zero-order valence-electron chi connectivity index (χ0n) is 30.8. The normalized spacial score (nSPS) is 22.8. The molecule has 0 bridgehead atoms. The van der Waals surface area contributed by atoms with Gasteiger partial charge in [0.1, 0.15) is 11.4 Å². The van der Waals surface area contributed by atoms with Crippen molar-refractivity contribution < 1.29 is 33.0 Å². The van der Waals surface area contributed by atoms with E-state index in [4.69, 9.17) is 20.1 Å². The maximum absolute atomic E-state index is 13.8. The topological polar surface area (TPSA) is 241 Å². The number of piperidine rings is 1. The quantitative estimate of drug-likeness (QED) is 0.339. The Hall–Kier alpha value is -5.48. The van der Waals surface area contributed by atoms with Gasteiger partial charge in [-0.1, -0.05) is 0 Å². The van der Waals surface area contributed by atoms with Gasteiger partial charge >= 0.3 is 6.09 Å². The van der Waals surface area contributed by atoms with Crippen LogP contribution in [0.5, 0.6) is 0 Å². The Morgan fingerprint density at radius 3 is 2.30 bits per heavy atom. The third-order valence-corrected chi connectivity index (χ3v) is 9.86.